The van der Waals surface area contributed by atoms with Gasteiger partial charge in [0.2, 0.25) is 0 Å². The van der Waals surface area contributed by atoms with Crippen molar-refractivity contribution < 1.29 is 37.3 Å². The molecule has 29 heavy (non-hydrogen) atoms. The number of alkyl halides is 3. The van der Waals surface area contributed by atoms with E-state index < -0.39 is 26.3 Å². The first-order chi connectivity index (χ1) is 13.4. The number of carbonyl (C=O) groups is 1. The minimum atomic E-state index is -4.78. The Morgan fingerprint density at radius 2 is 1.83 bits per heavy atom. The maximum absolute atomic E-state index is 12.6. The van der Waals surface area contributed by atoms with E-state index in [1.165, 1.54) is 18.2 Å². The van der Waals surface area contributed by atoms with Crippen LogP contribution in [0.4, 0.5) is 13.2 Å². The van der Waals surface area contributed by atoms with Crippen LogP contribution in [0.2, 0.25) is 25.7 Å². The monoisotopic (exact) mass is 434 g/mol. The lowest BCUT2D eigenvalue weighted by Crippen LogP contribution is -2.22. The van der Waals surface area contributed by atoms with Crippen molar-refractivity contribution in [3.8, 4) is 11.5 Å². The Morgan fingerprint density at radius 1 is 1.17 bits per heavy atom. The first-order valence-corrected chi connectivity index (χ1v) is 13.5. The van der Waals surface area contributed by atoms with Gasteiger partial charge in [-0.1, -0.05) is 19.6 Å². The van der Waals surface area contributed by atoms with Gasteiger partial charge in [-0.2, -0.15) is 0 Å². The first kappa shape index (κ1) is 23.5. The number of hydrogen-bond acceptors (Lipinski definition) is 4. The highest BCUT2D eigenvalue weighted by Gasteiger charge is 2.33. The van der Waals surface area contributed by atoms with E-state index in [9.17, 15) is 18.0 Å². The second-order valence-corrected chi connectivity index (χ2v) is 14.2. The zero-order chi connectivity index (χ0) is 21.7. The largest absolute Gasteiger partial charge is 0.573 e. The fraction of sp³-hybridized carbons (Fsp3) is 0.650. The highest BCUT2D eigenvalue weighted by Crippen LogP contribution is 2.41. The minimum absolute atomic E-state index is 0.0153. The van der Waals surface area contributed by atoms with Crippen LogP contribution in [0, 0.1) is 5.92 Å². The molecule has 2 rings (SSSR count). The number of ether oxygens (including phenoxy) is 3. The summed E-state index contributed by atoms with van der Waals surface area (Å²) in [6.07, 6.45) is -2.67. The van der Waals surface area contributed by atoms with Crippen molar-refractivity contribution in [2.45, 2.75) is 63.6 Å². The molecule has 1 aliphatic rings. The van der Waals surface area contributed by atoms with Crippen molar-refractivity contribution in [2.75, 3.05) is 13.4 Å². The standard InChI is InChI=1S/C20H29F3O5Si/c1-29(2,3)11-10-26-13-27-18-9-8-16(28-20(21,22)23)12-17(18)14-4-6-15(7-5-14)19(24)25/h8-9,12,14-15H,4-7,10-11,13H2,1-3H3,(H,24,25). The predicted molar refractivity (Wildman–Crippen MR) is 105 cm³/mol. The number of carboxylic acid groups (broad SMARTS) is 1. The number of aliphatic carboxylic acids is 1. The van der Waals surface area contributed by atoms with Crippen LogP contribution in [0.3, 0.4) is 0 Å². The molecule has 0 atom stereocenters. The molecule has 1 N–H and O–H groups in total. The second kappa shape index (κ2) is 9.84. The van der Waals surface area contributed by atoms with Gasteiger partial charge in [-0.15, -0.1) is 13.2 Å². The van der Waals surface area contributed by atoms with E-state index in [0.29, 0.717) is 43.6 Å². The fourth-order valence-electron chi connectivity index (χ4n) is 3.37. The van der Waals surface area contributed by atoms with Gasteiger partial charge in [-0.3, -0.25) is 4.79 Å². The summed E-state index contributed by atoms with van der Waals surface area (Å²) in [5.74, 6) is -1.18. The number of benzene rings is 1. The summed E-state index contributed by atoms with van der Waals surface area (Å²) >= 11 is 0. The molecule has 1 aromatic carbocycles. The SMILES string of the molecule is C[Si](C)(C)CCOCOc1ccc(OC(F)(F)F)cc1C1CCC(C(=O)O)CC1. The number of rotatable bonds is 9. The normalized spacial score (nSPS) is 20.3. The van der Waals surface area contributed by atoms with Gasteiger partial charge >= 0.3 is 12.3 Å². The van der Waals surface area contributed by atoms with Gasteiger partial charge in [0, 0.05) is 20.2 Å². The molecule has 0 radical (unpaired) electrons. The Bertz CT molecular complexity index is 680. The van der Waals surface area contributed by atoms with Crippen LogP contribution in [0.15, 0.2) is 18.2 Å². The average Bonchev–Trinajstić information content (AvgIpc) is 2.60. The van der Waals surface area contributed by atoms with Crippen LogP contribution in [-0.2, 0) is 9.53 Å². The topological polar surface area (TPSA) is 65.0 Å². The molecule has 0 saturated heterocycles. The maximum atomic E-state index is 12.6. The van der Waals surface area contributed by atoms with E-state index in [0.717, 1.165) is 6.04 Å². The highest BCUT2D eigenvalue weighted by atomic mass is 28.3. The van der Waals surface area contributed by atoms with Gasteiger partial charge < -0.3 is 19.3 Å². The van der Waals surface area contributed by atoms with Crippen LogP contribution in [0.1, 0.15) is 37.2 Å². The molecule has 0 unspecified atom stereocenters. The lowest BCUT2D eigenvalue weighted by Gasteiger charge is -2.28. The van der Waals surface area contributed by atoms with Crippen molar-refractivity contribution in [1.29, 1.82) is 0 Å². The van der Waals surface area contributed by atoms with Crippen molar-refractivity contribution >= 4 is 14.0 Å². The molecule has 5 nitrogen and oxygen atoms in total. The Balaban J connectivity index is 2.07. The predicted octanol–water partition coefficient (Wildman–Crippen LogP) is 5.63. The Kier molecular flexibility index (Phi) is 7.99. The van der Waals surface area contributed by atoms with Crippen LogP contribution in [-0.4, -0.2) is 38.9 Å². The Labute approximate surface area is 170 Å². The van der Waals surface area contributed by atoms with Crippen LogP contribution in [0.25, 0.3) is 0 Å². The molecule has 164 valence electrons. The molecule has 0 bridgehead atoms. The van der Waals surface area contributed by atoms with Crippen LogP contribution in [0.5, 0.6) is 11.5 Å². The number of hydrogen-bond donors (Lipinski definition) is 1. The van der Waals surface area contributed by atoms with E-state index in [-0.39, 0.29) is 18.5 Å². The van der Waals surface area contributed by atoms with E-state index in [1.54, 1.807) is 0 Å². The summed E-state index contributed by atoms with van der Waals surface area (Å²) in [5, 5.41) is 9.16. The highest BCUT2D eigenvalue weighted by molar-refractivity contribution is 6.76. The van der Waals surface area contributed by atoms with Crippen molar-refractivity contribution in [3.05, 3.63) is 23.8 Å². The maximum Gasteiger partial charge on any atom is 0.573 e. The Hall–Kier alpha value is -1.74. The van der Waals surface area contributed by atoms with Crippen LogP contribution < -0.4 is 9.47 Å². The van der Waals surface area contributed by atoms with Gasteiger partial charge in [0.05, 0.1) is 5.92 Å². The van der Waals surface area contributed by atoms with Gasteiger partial charge in [-0.25, -0.2) is 0 Å². The van der Waals surface area contributed by atoms with E-state index in [1.807, 2.05) is 0 Å². The third kappa shape index (κ3) is 8.26. The van der Waals surface area contributed by atoms with Crippen LogP contribution >= 0.6 is 0 Å². The van der Waals surface area contributed by atoms with Gasteiger partial charge in [0.15, 0.2) is 6.79 Å². The summed E-state index contributed by atoms with van der Waals surface area (Å²) in [6, 6.07) is 5.01. The van der Waals surface area contributed by atoms with E-state index in [4.69, 9.17) is 14.6 Å². The van der Waals surface area contributed by atoms with Crippen molar-refractivity contribution in [2.24, 2.45) is 5.92 Å². The molecular formula is C20H29F3O5Si. The lowest BCUT2D eigenvalue weighted by atomic mass is 9.78. The molecule has 0 amide bonds. The first-order valence-electron chi connectivity index (χ1n) is 9.78. The van der Waals surface area contributed by atoms with Crippen molar-refractivity contribution in [1.82, 2.24) is 0 Å². The molecule has 0 spiro atoms. The molecule has 0 heterocycles. The zero-order valence-corrected chi connectivity index (χ0v) is 18.1. The quantitative estimate of drug-likeness (QED) is 0.310. The molecule has 1 fully saturated rings. The number of halogens is 3. The lowest BCUT2D eigenvalue weighted by molar-refractivity contribution is -0.274. The average molecular weight is 435 g/mol. The molecule has 1 saturated carbocycles. The summed E-state index contributed by atoms with van der Waals surface area (Å²) in [7, 11) is -1.22. The smallest absolute Gasteiger partial charge is 0.481 e. The fourth-order valence-corrected chi connectivity index (χ4v) is 4.12. The van der Waals surface area contributed by atoms with Gasteiger partial charge in [0.25, 0.3) is 0 Å². The second-order valence-electron chi connectivity index (χ2n) is 8.62. The molecule has 1 aliphatic carbocycles. The van der Waals surface area contributed by atoms with E-state index in [2.05, 4.69) is 24.4 Å². The summed E-state index contributed by atoms with van der Waals surface area (Å²) < 4.78 is 53.1. The van der Waals surface area contributed by atoms with E-state index >= 15 is 0 Å². The molecule has 1 aromatic rings. The molecule has 0 aromatic heterocycles. The zero-order valence-electron chi connectivity index (χ0n) is 17.1. The summed E-state index contributed by atoms with van der Waals surface area (Å²) in [6.45, 7) is 7.30. The number of carboxylic acids is 1. The minimum Gasteiger partial charge on any atom is -0.481 e. The summed E-state index contributed by atoms with van der Waals surface area (Å²) in [5.41, 5.74) is 0.601. The summed E-state index contributed by atoms with van der Waals surface area (Å²) in [4.78, 5) is 11.2. The molecule has 0 aliphatic heterocycles. The third-order valence-electron chi connectivity index (χ3n) is 5.03. The molecular weight excluding hydrogens is 405 g/mol. The molecule has 9 heteroatoms. The van der Waals surface area contributed by atoms with Gasteiger partial charge in [0.1, 0.15) is 11.5 Å². The Morgan fingerprint density at radius 3 is 2.38 bits per heavy atom. The third-order valence-corrected chi connectivity index (χ3v) is 6.73. The van der Waals surface area contributed by atoms with Gasteiger partial charge in [-0.05, 0) is 55.8 Å². The van der Waals surface area contributed by atoms with Crippen molar-refractivity contribution in [3.63, 3.8) is 0 Å².